The number of hydrogen-bond acceptors (Lipinski definition) is 7. The van der Waals surface area contributed by atoms with E-state index in [-0.39, 0.29) is 36.9 Å². The number of carbonyl (C=O) groups is 1. The molecule has 2 fully saturated rings. The third-order valence-electron chi connectivity index (χ3n) is 5.90. The van der Waals surface area contributed by atoms with E-state index < -0.39 is 27.0 Å². The van der Waals surface area contributed by atoms with Crippen molar-refractivity contribution >= 4 is 27.7 Å². The monoisotopic (exact) mass is 497 g/mol. The molecule has 2 aliphatic rings. The van der Waals surface area contributed by atoms with E-state index in [1.54, 1.807) is 5.48 Å². The molecular formula is C19H26F3N3O5S2. The van der Waals surface area contributed by atoms with E-state index in [4.69, 9.17) is 0 Å². The molecule has 32 heavy (non-hydrogen) atoms. The van der Waals surface area contributed by atoms with Crippen molar-refractivity contribution in [2.45, 2.75) is 46.9 Å². The molecule has 0 unspecified atom stereocenters. The van der Waals surface area contributed by atoms with Crippen molar-refractivity contribution in [3.8, 4) is 5.75 Å². The van der Waals surface area contributed by atoms with Gasteiger partial charge in [-0.1, -0.05) is 0 Å². The molecule has 0 saturated carbocycles. The molecule has 2 N–H and O–H groups in total. The highest BCUT2D eigenvalue weighted by Crippen LogP contribution is 2.37. The lowest BCUT2D eigenvalue weighted by molar-refractivity contribution is -0.274. The maximum atomic E-state index is 13.4. The fourth-order valence-electron chi connectivity index (χ4n) is 4.03. The van der Waals surface area contributed by atoms with Gasteiger partial charge in [0.05, 0.1) is 0 Å². The number of thioether (sulfide) groups is 1. The van der Waals surface area contributed by atoms with Gasteiger partial charge in [-0.25, -0.2) is 18.2 Å². The van der Waals surface area contributed by atoms with E-state index in [1.807, 2.05) is 11.9 Å². The van der Waals surface area contributed by atoms with Crippen LogP contribution in [-0.4, -0.2) is 78.3 Å². The predicted octanol–water partition coefficient (Wildman–Crippen LogP) is 2.44. The number of benzene rings is 1. The number of hydroxylamine groups is 1. The minimum atomic E-state index is -4.75. The second-order valence-corrected chi connectivity index (χ2v) is 11.6. The first-order chi connectivity index (χ1) is 15.0. The smallest absolute Gasteiger partial charge is 0.406 e. The summed E-state index contributed by atoms with van der Waals surface area (Å²) in [7, 11) is -2.15. The Morgan fingerprint density at radius 1 is 1.16 bits per heavy atom. The summed E-state index contributed by atoms with van der Waals surface area (Å²) in [5.74, 6) is -1.20. The lowest BCUT2D eigenvalue weighted by atomic mass is 9.95. The largest absolute Gasteiger partial charge is 0.573 e. The van der Waals surface area contributed by atoms with Crippen LogP contribution in [-0.2, 0) is 14.8 Å². The molecule has 3 rings (SSSR count). The number of likely N-dealkylation sites (tertiary alicyclic amines) is 1. The molecule has 0 radical (unpaired) electrons. The van der Waals surface area contributed by atoms with Gasteiger partial charge in [0, 0.05) is 23.2 Å². The van der Waals surface area contributed by atoms with Crippen molar-refractivity contribution in [3.05, 3.63) is 24.3 Å². The third-order valence-corrected chi connectivity index (χ3v) is 9.88. The van der Waals surface area contributed by atoms with Gasteiger partial charge in [0.2, 0.25) is 10.0 Å². The number of ether oxygens (including phenoxy) is 1. The SMILES string of the molecule is CN1CCC(C(=O)NO)(S(=O)(=O)N2CCC(Sc3ccc(OC(F)(F)F)cc3)CC2)CC1. The van der Waals surface area contributed by atoms with E-state index in [0.717, 1.165) is 4.90 Å². The topological polar surface area (TPSA) is 99.2 Å². The fourth-order valence-corrected chi connectivity index (χ4v) is 7.32. The third kappa shape index (κ3) is 5.50. The summed E-state index contributed by atoms with van der Waals surface area (Å²) < 4.78 is 67.2. The summed E-state index contributed by atoms with van der Waals surface area (Å²) in [6.07, 6.45) is -3.49. The maximum Gasteiger partial charge on any atom is 0.573 e. The molecule has 8 nitrogen and oxygen atoms in total. The summed E-state index contributed by atoms with van der Waals surface area (Å²) in [5.41, 5.74) is 1.55. The average molecular weight is 498 g/mol. The van der Waals surface area contributed by atoms with E-state index in [9.17, 15) is 31.6 Å². The molecule has 2 aliphatic heterocycles. The zero-order chi connectivity index (χ0) is 23.6. The molecule has 0 spiro atoms. The van der Waals surface area contributed by atoms with E-state index in [0.29, 0.717) is 25.9 Å². The fraction of sp³-hybridized carbons (Fsp3) is 0.632. The minimum Gasteiger partial charge on any atom is -0.406 e. The molecule has 180 valence electrons. The van der Waals surface area contributed by atoms with Crippen LogP contribution in [0.25, 0.3) is 0 Å². The number of piperidine rings is 2. The van der Waals surface area contributed by atoms with Crippen LogP contribution in [0, 0.1) is 0 Å². The molecule has 0 aromatic heterocycles. The van der Waals surface area contributed by atoms with E-state index in [1.165, 1.54) is 40.3 Å². The van der Waals surface area contributed by atoms with Gasteiger partial charge >= 0.3 is 6.36 Å². The lowest BCUT2D eigenvalue weighted by Crippen LogP contribution is -2.62. The molecule has 2 saturated heterocycles. The van der Waals surface area contributed by atoms with Crippen LogP contribution in [0.1, 0.15) is 25.7 Å². The Morgan fingerprint density at radius 3 is 2.22 bits per heavy atom. The number of nitrogens with one attached hydrogen (secondary N) is 1. The molecule has 0 aliphatic carbocycles. The number of rotatable bonds is 6. The van der Waals surface area contributed by atoms with Crippen LogP contribution in [0.4, 0.5) is 13.2 Å². The van der Waals surface area contributed by atoms with Crippen molar-refractivity contribution in [1.29, 1.82) is 0 Å². The highest BCUT2D eigenvalue weighted by atomic mass is 32.2. The summed E-state index contributed by atoms with van der Waals surface area (Å²) in [4.78, 5) is 15.1. The molecule has 1 aromatic carbocycles. The first-order valence-corrected chi connectivity index (χ1v) is 12.4. The first kappa shape index (κ1) is 25.1. The summed E-state index contributed by atoms with van der Waals surface area (Å²) in [5, 5.41) is 9.28. The molecule has 13 heteroatoms. The highest BCUT2D eigenvalue weighted by molar-refractivity contribution is 8.00. The Kier molecular flexibility index (Phi) is 7.65. The predicted molar refractivity (Wildman–Crippen MR) is 112 cm³/mol. The number of amides is 1. The van der Waals surface area contributed by atoms with Crippen LogP contribution in [0.2, 0.25) is 0 Å². The van der Waals surface area contributed by atoms with Crippen molar-refractivity contribution < 1.29 is 36.3 Å². The van der Waals surface area contributed by atoms with Crippen molar-refractivity contribution in [2.24, 2.45) is 0 Å². The summed E-state index contributed by atoms with van der Waals surface area (Å²) >= 11 is 1.47. The van der Waals surface area contributed by atoms with Crippen LogP contribution >= 0.6 is 11.8 Å². The van der Waals surface area contributed by atoms with E-state index in [2.05, 4.69) is 4.74 Å². The van der Waals surface area contributed by atoms with Gasteiger partial charge in [-0.3, -0.25) is 10.0 Å². The van der Waals surface area contributed by atoms with Crippen LogP contribution in [0.5, 0.6) is 5.75 Å². The van der Waals surface area contributed by atoms with Crippen LogP contribution in [0.15, 0.2) is 29.2 Å². The number of halogens is 3. The Balaban J connectivity index is 1.62. The minimum absolute atomic E-state index is 0.0796. The standard InChI is InChI=1S/C19H26F3N3O5S2/c1-24-12-8-18(9-13-24,17(26)23-27)32(28,29)25-10-6-16(7-11-25)31-15-4-2-14(3-5-15)30-19(20,21)22/h2-5,16,27H,6-13H2,1H3,(H,23,26). The second-order valence-electron chi connectivity index (χ2n) is 7.98. The van der Waals surface area contributed by atoms with Gasteiger partial charge < -0.3 is 9.64 Å². The molecule has 1 aromatic rings. The second kappa shape index (κ2) is 9.75. The zero-order valence-electron chi connectivity index (χ0n) is 17.5. The summed E-state index contributed by atoms with van der Waals surface area (Å²) in [6, 6.07) is 5.56. The number of hydrogen-bond donors (Lipinski definition) is 2. The van der Waals surface area contributed by atoms with Crippen molar-refractivity contribution in [2.75, 3.05) is 33.2 Å². The molecule has 0 atom stereocenters. The zero-order valence-corrected chi connectivity index (χ0v) is 19.1. The van der Waals surface area contributed by atoms with Crippen LogP contribution < -0.4 is 10.2 Å². The van der Waals surface area contributed by atoms with Gasteiger partial charge in [-0.15, -0.1) is 24.9 Å². The highest BCUT2D eigenvalue weighted by Gasteiger charge is 2.54. The molecule has 2 heterocycles. The molecule has 0 bridgehead atoms. The number of alkyl halides is 3. The van der Waals surface area contributed by atoms with E-state index >= 15 is 0 Å². The number of sulfonamides is 1. The maximum absolute atomic E-state index is 13.4. The average Bonchev–Trinajstić information content (AvgIpc) is 2.74. The van der Waals surface area contributed by atoms with Gasteiger partial charge in [0.1, 0.15) is 5.75 Å². The molecule has 1 amide bonds. The Labute approximate surface area is 189 Å². The van der Waals surface area contributed by atoms with Crippen molar-refractivity contribution in [1.82, 2.24) is 14.7 Å². The van der Waals surface area contributed by atoms with Gasteiger partial charge in [-0.2, -0.15) is 0 Å². The van der Waals surface area contributed by atoms with Crippen LogP contribution in [0.3, 0.4) is 0 Å². The normalized spacial score (nSPS) is 21.3. The number of nitrogens with zero attached hydrogens (tertiary/aromatic N) is 2. The summed E-state index contributed by atoms with van der Waals surface area (Å²) in [6.45, 7) is 1.30. The lowest BCUT2D eigenvalue weighted by Gasteiger charge is -2.42. The molecular weight excluding hydrogens is 471 g/mol. The quantitative estimate of drug-likeness (QED) is 0.460. The Hall–Kier alpha value is -1.54. The van der Waals surface area contributed by atoms with Gasteiger partial charge in [-0.05, 0) is 70.1 Å². The van der Waals surface area contributed by atoms with Gasteiger partial charge in [0.25, 0.3) is 5.91 Å². The Bertz CT molecular complexity index is 896. The first-order valence-electron chi connectivity index (χ1n) is 10.1. The number of carbonyl (C=O) groups excluding carboxylic acids is 1. The van der Waals surface area contributed by atoms with Gasteiger partial charge in [0.15, 0.2) is 4.75 Å². The Morgan fingerprint density at radius 2 is 1.72 bits per heavy atom. The van der Waals surface area contributed by atoms with Crippen molar-refractivity contribution in [3.63, 3.8) is 0 Å².